The highest BCUT2D eigenvalue weighted by atomic mass is 16.8. The van der Waals surface area contributed by atoms with Gasteiger partial charge in [-0.05, 0) is 29.5 Å². The highest BCUT2D eigenvalue weighted by Crippen LogP contribution is 2.08. The molecule has 8 nitrogen and oxygen atoms in total. The number of aliphatic hydroxyl groups is 1. The lowest BCUT2D eigenvalue weighted by Crippen LogP contribution is -2.23. The molecule has 0 aromatic heterocycles. The summed E-state index contributed by atoms with van der Waals surface area (Å²) >= 11 is 0. The quantitative estimate of drug-likeness (QED) is 0.335. The first-order valence-corrected chi connectivity index (χ1v) is 13.1. The van der Waals surface area contributed by atoms with Crippen LogP contribution in [-0.4, -0.2) is 49.3 Å². The zero-order chi connectivity index (χ0) is 28.1. The Morgan fingerprint density at radius 2 is 1.49 bits per heavy atom. The van der Waals surface area contributed by atoms with Gasteiger partial charge in [-0.3, -0.25) is 4.79 Å². The van der Waals surface area contributed by atoms with Gasteiger partial charge in [0.25, 0.3) is 0 Å². The molecule has 1 saturated heterocycles. The highest BCUT2D eigenvalue weighted by Gasteiger charge is 2.22. The lowest BCUT2D eigenvalue weighted by molar-refractivity contribution is -0.147. The van der Waals surface area contributed by atoms with Crippen molar-refractivity contribution in [2.75, 3.05) is 19.8 Å². The van der Waals surface area contributed by atoms with E-state index in [4.69, 9.17) is 15.2 Å². The van der Waals surface area contributed by atoms with E-state index in [-0.39, 0.29) is 25.3 Å². The van der Waals surface area contributed by atoms with Crippen molar-refractivity contribution in [1.29, 1.82) is 0 Å². The molecule has 4 rings (SSSR count). The molecule has 3 aromatic carbocycles. The Hall–Kier alpha value is -3.72. The standard InChI is InChI=1S/C19H22O4.C7H9N.C5H8O3/c20-18(14-22-13-17-9-5-2-6-10-17)15-23-19(21)12-11-16-7-3-1-4-8-16;8-6-7-4-2-1-3-5-7;1-2-4-3-7-5(6)8-4/h1-10,18,20H,11-15H2;1-5H,6,8H2;4H,2-3H2,1H3. The predicted molar refractivity (Wildman–Crippen MR) is 149 cm³/mol. The molecule has 2 atom stereocenters. The molecule has 1 heterocycles. The number of aryl methyl sites for hydroxylation is 1. The molecule has 3 aromatic rings. The number of ether oxygens (including phenoxy) is 4. The summed E-state index contributed by atoms with van der Waals surface area (Å²) in [5.41, 5.74) is 8.67. The molecule has 210 valence electrons. The molecule has 0 saturated carbocycles. The zero-order valence-corrected chi connectivity index (χ0v) is 22.4. The van der Waals surface area contributed by atoms with E-state index in [0.717, 1.165) is 17.5 Å². The Labute approximate surface area is 230 Å². The van der Waals surface area contributed by atoms with Crippen LogP contribution in [0.3, 0.4) is 0 Å². The van der Waals surface area contributed by atoms with Crippen LogP contribution < -0.4 is 5.73 Å². The summed E-state index contributed by atoms with van der Waals surface area (Å²) in [6, 6.07) is 29.5. The van der Waals surface area contributed by atoms with Crippen molar-refractivity contribution in [1.82, 2.24) is 0 Å². The van der Waals surface area contributed by atoms with Crippen LogP contribution in [0, 0.1) is 0 Å². The second-order valence-corrected chi connectivity index (χ2v) is 8.72. The van der Waals surface area contributed by atoms with E-state index in [9.17, 15) is 14.7 Å². The van der Waals surface area contributed by atoms with E-state index in [2.05, 4.69) is 9.47 Å². The molecule has 0 aliphatic carbocycles. The van der Waals surface area contributed by atoms with Crippen molar-refractivity contribution < 1.29 is 33.6 Å². The minimum Gasteiger partial charge on any atom is -0.463 e. The van der Waals surface area contributed by atoms with Crippen molar-refractivity contribution in [3.63, 3.8) is 0 Å². The molecule has 1 fully saturated rings. The lowest BCUT2D eigenvalue weighted by atomic mass is 10.1. The molecule has 0 radical (unpaired) electrons. The van der Waals surface area contributed by atoms with Crippen molar-refractivity contribution >= 4 is 12.1 Å². The number of nitrogens with two attached hydrogens (primary N) is 1. The molecule has 2 unspecified atom stereocenters. The van der Waals surface area contributed by atoms with Gasteiger partial charge >= 0.3 is 12.1 Å². The largest absolute Gasteiger partial charge is 0.508 e. The average molecular weight is 538 g/mol. The van der Waals surface area contributed by atoms with Gasteiger partial charge in [0.2, 0.25) is 0 Å². The summed E-state index contributed by atoms with van der Waals surface area (Å²) in [5.74, 6) is -0.309. The number of carbonyl (C=O) groups is 2. The maximum atomic E-state index is 11.6. The lowest BCUT2D eigenvalue weighted by Gasteiger charge is -2.12. The normalized spacial score (nSPS) is 14.4. The van der Waals surface area contributed by atoms with Crippen LogP contribution in [0.5, 0.6) is 0 Å². The van der Waals surface area contributed by atoms with E-state index in [1.807, 2.05) is 97.9 Å². The number of cyclic esters (lactones) is 2. The first-order valence-electron chi connectivity index (χ1n) is 13.1. The van der Waals surface area contributed by atoms with Gasteiger partial charge in [-0.1, -0.05) is 97.9 Å². The van der Waals surface area contributed by atoms with Crippen molar-refractivity contribution in [3.8, 4) is 0 Å². The van der Waals surface area contributed by atoms with Crippen LogP contribution in [0.25, 0.3) is 0 Å². The number of hydrogen-bond donors (Lipinski definition) is 2. The number of benzene rings is 3. The van der Waals surface area contributed by atoms with Crippen molar-refractivity contribution in [3.05, 3.63) is 108 Å². The maximum absolute atomic E-state index is 11.6. The Morgan fingerprint density at radius 1 is 0.923 bits per heavy atom. The second kappa shape index (κ2) is 19.4. The summed E-state index contributed by atoms with van der Waals surface area (Å²) in [5, 5.41) is 9.76. The topological polar surface area (TPSA) is 117 Å². The van der Waals surface area contributed by atoms with E-state index < -0.39 is 12.3 Å². The van der Waals surface area contributed by atoms with Gasteiger partial charge in [0, 0.05) is 13.0 Å². The van der Waals surface area contributed by atoms with Crippen LogP contribution in [0.4, 0.5) is 4.79 Å². The summed E-state index contributed by atoms with van der Waals surface area (Å²) < 4.78 is 19.6. The minimum absolute atomic E-state index is 0.00231. The third-order valence-corrected chi connectivity index (χ3v) is 5.50. The molecule has 8 heteroatoms. The fraction of sp³-hybridized carbons (Fsp3) is 0.355. The van der Waals surface area contributed by atoms with E-state index in [1.165, 1.54) is 5.56 Å². The predicted octanol–water partition coefficient (Wildman–Crippen LogP) is 4.82. The SMILES string of the molecule is CCC1COC(=O)O1.NCc1ccccc1.O=C(CCc1ccccc1)OCC(O)COCc1ccccc1. The van der Waals surface area contributed by atoms with Crippen LogP contribution in [0.15, 0.2) is 91.0 Å². The van der Waals surface area contributed by atoms with Gasteiger partial charge in [-0.25, -0.2) is 4.79 Å². The second-order valence-electron chi connectivity index (χ2n) is 8.72. The maximum Gasteiger partial charge on any atom is 0.508 e. The fourth-order valence-corrected chi connectivity index (χ4v) is 3.27. The zero-order valence-electron chi connectivity index (χ0n) is 22.4. The fourth-order valence-electron chi connectivity index (χ4n) is 3.27. The molecule has 39 heavy (non-hydrogen) atoms. The van der Waals surface area contributed by atoms with Gasteiger partial charge in [-0.15, -0.1) is 0 Å². The molecule has 0 amide bonds. The Morgan fingerprint density at radius 3 is 1.95 bits per heavy atom. The summed E-state index contributed by atoms with van der Waals surface area (Å²) in [4.78, 5) is 21.8. The highest BCUT2D eigenvalue weighted by molar-refractivity contribution is 5.69. The molecule has 3 N–H and O–H groups in total. The van der Waals surface area contributed by atoms with Crippen LogP contribution >= 0.6 is 0 Å². The van der Waals surface area contributed by atoms with E-state index in [1.54, 1.807) is 0 Å². The van der Waals surface area contributed by atoms with Gasteiger partial charge in [0.05, 0.1) is 13.2 Å². The molecule has 0 spiro atoms. The molecule has 0 bridgehead atoms. The van der Waals surface area contributed by atoms with Crippen LogP contribution in [0.2, 0.25) is 0 Å². The van der Waals surface area contributed by atoms with Gasteiger partial charge < -0.3 is 29.8 Å². The summed E-state index contributed by atoms with van der Waals surface area (Å²) in [6.45, 7) is 3.55. The van der Waals surface area contributed by atoms with Crippen LogP contribution in [0.1, 0.15) is 36.5 Å². The van der Waals surface area contributed by atoms with E-state index in [0.29, 0.717) is 32.6 Å². The third-order valence-electron chi connectivity index (χ3n) is 5.50. The monoisotopic (exact) mass is 537 g/mol. The Bertz CT molecular complexity index is 1050. The van der Waals surface area contributed by atoms with Crippen molar-refractivity contribution in [2.45, 2.75) is 51.5 Å². The van der Waals surface area contributed by atoms with Crippen LogP contribution in [-0.2, 0) is 43.3 Å². The molecule has 1 aliphatic rings. The Balaban J connectivity index is 0.000000269. The number of rotatable bonds is 11. The first-order chi connectivity index (χ1) is 19.0. The smallest absolute Gasteiger partial charge is 0.463 e. The molecular weight excluding hydrogens is 498 g/mol. The molecule has 1 aliphatic heterocycles. The summed E-state index contributed by atoms with van der Waals surface area (Å²) in [7, 11) is 0. The number of carbonyl (C=O) groups excluding carboxylic acids is 2. The third kappa shape index (κ3) is 14.7. The average Bonchev–Trinajstić information content (AvgIpc) is 3.42. The number of hydrogen-bond acceptors (Lipinski definition) is 8. The van der Waals surface area contributed by atoms with Gasteiger partial charge in [-0.2, -0.15) is 0 Å². The summed E-state index contributed by atoms with van der Waals surface area (Å²) in [6.07, 6.45) is 0.451. The van der Waals surface area contributed by atoms with E-state index >= 15 is 0 Å². The Kier molecular flexibility index (Phi) is 15.6. The minimum atomic E-state index is -0.806. The van der Waals surface area contributed by atoms with Gasteiger partial charge in [0.1, 0.15) is 25.4 Å². The van der Waals surface area contributed by atoms with Gasteiger partial charge in [0.15, 0.2) is 0 Å². The number of esters is 1. The first kappa shape index (κ1) is 31.5. The van der Waals surface area contributed by atoms with Crippen molar-refractivity contribution in [2.24, 2.45) is 5.73 Å². The number of aliphatic hydroxyl groups excluding tert-OH is 1. The molecular formula is C31H39NO7.